The van der Waals surface area contributed by atoms with Crippen LogP contribution in [0.1, 0.15) is 95.7 Å². The maximum Gasteiger partial charge on any atom is 0.252 e. The smallest absolute Gasteiger partial charge is 0.252 e. The first kappa shape index (κ1) is 54.2. The molecule has 6 heteroatoms. The van der Waals surface area contributed by atoms with Crippen molar-refractivity contribution in [1.29, 1.82) is 0 Å². The highest BCUT2D eigenvalue weighted by molar-refractivity contribution is 7.00. The second kappa shape index (κ2) is 19.8. The van der Waals surface area contributed by atoms with Crippen molar-refractivity contribution < 1.29 is 4.42 Å². The fourth-order valence-electron chi connectivity index (χ4n) is 14.3. The van der Waals surface area contributed by atoms with Crippen molar-refractivity contribution in [2.75, 3.05) is 14.7 Å². The Morgan fingerprint density at radius 3 is 1.67 bits per heavy atom. The Morgan fingerprint density at radius 1 is 0.391 bits per heavy atom. The molecule has 4 heterocycles. The van der Waals surface area contributed by atoms with Crippen LogP contribution < -0.4 is 31.1 Å². The SMILES string of the molecule is Cc1cc2c3c(c1)N(c1c(C)cc(-c4cccc5c4oc4ccccc45)cc1C)c1ccc(C(C)(C)C)cc1B3c1ccc(N(c3ccc(C(C)(C)C)cc3)c3ccc4c5ccccc5n(-c5ccccc5)c4c3)cc1N2c1ccc(C(C)(C)C)cc1. The highest BCUT2D eigenvalue weighted by Gasteiger charge is 2.45. The fraction of sp³-hybridized carbons (Fsp3) is 0.185. The predicted molar refractivity (Wildman–Crippen MR) is 373 cm³/mol. The summed E-state index contributed by atoms with van der Waals surface area (Å²) in [5, 5.41) is 4.73. The lowest BCUT2D eigenvalue weighted by molar-refractivity contribution is 0.590. The summed E-state index contributed by atoms with van der Waals surface area (Å²) >= 11 is 0. The van der Waals surface area contributed by atoms with Crippen LogP contribution in [-0.2, 0) is 16.2 Å². The molecule has 11 aromatic carbocycles. The average molecular weight is 1130 g/mol. The van der Waals surface area contributed by atoms with Crippen molar-refractivity contribution >= 4 is 118 Å². The second-order valence-electron chi connectivity index (χ2n) is 27.6. The quantitative estimate of drug-likeness (QED) is 0.149. The third-order valence-electron chi connectivity index (χ3n) is 18.7. The van der Waals surface area contributed by atoms with E-state index in [2.05, 4.69) is 327 Å². The van der Waals surface area contributed by atoms with Crippen LogP contribution in [0.15, 0.2) is 229 Å². The van der Waals surface area contributed by atoms with Crippen LogP contribution in [0.4, 0.5) is 51.2 Å². The number of fused-ring (bicyclic) bond motifs is 10. The van der Waals surface area contributed by atoms with Gasteiger partial charge in [0.2, 0.25) is 0 Å². The molecule has 15 rings (SSSR count). The third kappa shape index (κ3) is 8.81. The van der Waals surface area contributed by atoms with Crippen molar-refractivity contribution in [3.63, 3.8) is 0 Å². The Morgan fingerprint density at radius 2 is 0.966 bits per heavy atom. The van der Waals surface area contributed by atoms with Gasteiger partial charge < -0.3 is 23.7 Å². The maximum atomic E-state index is 6.66. The zero-order chi connectivity index (χ0) is 60.0. The van der Waals surface area contributed by atoms with Crippen LogP contribution in [0.5, 0.6) is 0 Å². The molecule has 13 aromatic rings. The summed E-state index contributed by atoms with van der Waals surface area (Å²) in [6.07, 6.45) is 0. The molecule has 0 saturated carbocycles. The number of hydrogen-bond donors (Lipinski definition) is 0. The zero-order valence-corrected chi connectivity index (χ0v) is 52.1. The van der Waals surface area contributed by atoms with Crippen LogP contribution in [0, 0.1) is 20.8 Å². The lowest BCUT2D eigenvalue weighted by Gasteiger charge is -2.45. The topological polar surface area (TPSA) is 27.8 Å². The van der Waals surface area contributed by atoms with Crippen LogP contribution in [0.2, 0.25) is 0 Å². The highest BCUT2D eigenvalue weighted by atomic mass is 16.3. The van der Waals surface area contributed by atoms with Gasteiger partial charge in [-0.15, -0.1) is 0 Å². The van der Waals surface area contributed by atoms with E-state index >= 15 is 0 Å². The second-order valence-corrected chi connectivity index (χ2v) is 27.6. The molecule has 2 aromatic heterocycles. The molecule has 0 radical (unpaired) electrons. The summed E-state index contributed by atoms with van der Waals surface area (Å²) < 4.78 is 9.09. The Bertz CT molecular complexity index is 4890. The Kier molecular flexibility index (Phi) is 12.3. The number of para-hydroxylation sites is 4. The fourth-order valence-corrected chi connectivity index (χ4v) is 14.3. The maximum absolute atomic E-state index is 6.66. The van der Waals surface area contributed by atoms with Gasteiger partial charge in [0.05, 0.1) is 16.7 Å². The van der Waals surface area contributed by atoms with E-state index in [0.29, 0.717) is 0 Å². The molecule has 87 heavy (non-hydrogen) atoms. The number of aromatic nitrogens is 1. The number of furan rings is 1. The van der Waals surface area contributed by atoms with Crippen LogP contribution in [0.3, 0.4) is 0 Å². The largest absolute Gasteiger partial charge is 0.455 e. The molecular weight excluding hydrogens is 1060 g/mol. The molecule has 0 aliphatic carbocycles. The number of hydrogen-bond acceptors (Lipinski definition) is 4. The minimum atomic E-state index is -0.0973. The zero-order valence-electron chi connectivity index (χ0n) is 52.1. The molecular formula is C81H73BN4O. The van der Waals surface area contributed by atoms with Gasteiger partial charge in [0.1, 0.15) is 11.2 Å². The Balaban J connectivity index is 0.969. The van der Waals surface area contributed by atoms with Gasteiger partial charge in [0, 0.05) is 78.3 Å². The van der Waals surface area contributed by atoms with E-state index in [1.165, 1.54) is 88.8 Å². The van der Waals surface area contributed by atoms with Crippen LogP contribution >= 0.6 is 0 Å². The molecule has 0 amide bonds. The van der Waals surface area contributed by atoms with Crippen LogP contribution in [0.25, 0.3) is 60.6 Å². The van der Waals surface area contributed by atoms with E-state index in [1.807, 2.05) is 0 Å². The number of benzene rings is 11. The van der Waals surface area contributed by atoms with Gasteiger partial charge in [-0.3, -0.25) is 0 Å². The Labute approximate surface area is 512 Å². The molecule has 0 unspecified atom stereocenters. The molecule has 0 fully saturated rings. The van der Waals surface area contributed by atoms with Crippen molar-refractivity contribution in [2.45, 2.75) is 99.3 Å². The van der Waals surface area contributed by atoms with E-state index in [4.69, 9.17) is 4.42 Å². The standard InChI is InChI=1S/C81H73BN4O/c1-50-43-73-76-74(44-50)86(77-51(2)45-53(46-52(77)3)62-25-20-26-66-65-24-17-19-28-75(65)87-78(62)66)70-42-33-56(81(10,11)12)47-68(70)82(76)67-41-39-61(49-72(67)85(73)59-36-31-55(32-37-59)80(7,8)9)83(58-34-29-54(30-35-58)79(4,5)6)60-38-40-64-63-23-16-18-27-69(63)84(71(64)48-60)57-21-14-13-15-22-57/h13-49H,1-12H3. The number of anilines is 9. The summed E-state index contributed by atoms with van der Waals surface area (Å²) in [5.74, 6) is 0. The first-order valence-corrected chi connectivity index (χ1v) is 30.9. The van der Waals surface area contributed by atoms with Crippen molar-refractivity contribution in [3.8, 4) is 16.8 Å². The average Bonchev–Trinajstić information content (AvgIpc) is 1.06. The summed E-state index contributed by atoms with van der Waals surface area (Å²) in [4.78, 5) is 7.67. The predicted octanol–water partition coefficient (Wildman–Crippen LogP) is 20.7. The van der Waals surface area contributed by atoms with Gasteiger partial charge in [0.25, 0.3) is 6.71 Å². The molecule has 0 bridgehead atoms. The lowest BCUT2D eigenvalue weighted by Crippen LogP contribution is -2.61. The first-order chi connectivity index (χ1) is 41.8. The summed E-state index contributed by atoms with van der Waals surface area (Å²) in [7, 11) is 0. The van der Waals surface area contributed by atoms with Gasteiger partial charge in [-0.1, -0.05) is 184 Å². The Hall–Kier alpha value is -9.52. The van der Waals surface area contributed by atoms with Crippen molar-refractivity contribution in [2.24, 2.45) is 0 Å². The molecule has 5 nitrogen and oxygen atoms in total. The van der Waals surface area contributed by atoms with Gasteiger partial charge in [-0.25, -0.2) is 0 Å². The molecule has 0 saturated heterocycles. The van der Waals surface area contributed by atoms with E-state index in [0.717, 1.165) is 72.7 Å². The van der Waals surface area contributed by atoms with Crippen LogP contribution in [-0.4, -0.2) is 11.3 Å². The minimum absolute atomic E-state index is 0.0108. The minimum Gasteiger partial charge on any atom is -0.455 e. The molecule has 0 atom stereocenters. The summed E-state index contributed by atoms with van der Waals surface area (Å²) in [6.45, 7) is 27.6. The monoisotopic (exact) mass is 1130 g/mol. The summed E-state index contributed by atoms with van der Waals surface area (Å²) in [6, 6.07) is 84.6. The van der Waals surface area contributed by atoms with Gasteiger partial charge in [-0.2, -0.15) is 0 Å². The molecule has 0 spiro atoms. The molecule has 2 aliphatic heterocycles. The normalized spacial score (nSPS) is 13.2. The summed E-state index contributed by atoms with van der Waals surface area (Å²) in [5.41, 5.74) is 29.2. The van der Waals surface area contributed by atoms with E-state index in [1.54, 1.807) is 0 Å². The number of rotatable bonds is 7. The molecule has 0 N–H and O–H groups in total. The molecule has 426 valence electrons. The third-order valence-corrected chi connectivity index (χ3v) is 18.7. The van der Waals surface area contributed by atoms with Crippen molar-refractivity contribution in [1.82, 2.24) is 4.57 Å². The first-order valence-electron chi connectivity index (χ1n) is 30.9. The van der Waals surface area contributed by atoms with Gasteiger partial charge >= 0.3 is 0 Å². The number of nitrogens with zero attached hydrogens (tertiary/aromatic N) is 4. The van der Waals surface area contributed by atoms with Gasteiger partial charge in [-0.05, 0) is 195 Å². The van der Waals surface area contributed by atoms with E-state index in [9.17, 15) is 0 Å². The van der Waals surface area contributed by atoms with Crippen molar-refractivity contribution in [3.05, 3.63) is 258 Å². The highest BCUT2D eigenvalue weighted by Crippen LogP contribution is 2.50. The number of aryl methyl sites for hydroxylation is 3. The van der Waals surface area contributed by atoms with Gasteiger partial charge in [0.15, 0.2) is 0 Å². The lowest BCUT2D eigenvalue weighted by atomic mass is 9.33. The van der Waals surface area contributed by atoms with E-state index < -0.39 is 0 Å². The van der Waals surface area contributed by atoms with E-state index in [-0.39, 0.29) is 23.0 Å². The molecule has 2 aliphatic rings.